The lowest BCUT2D eigenvalue weighted by molar-refractivity contribution is 0.0689. The molecular formula is C13H10F2N2O2. The number of carboxylic acid groups (broad SMARTS) is 1. The quantitative estimate of drug-likeness (QED) is 0.864. The molecule has 19 heavy (non-hydrogen) atoms. The molecule has 0 aliphatic rings. The van der Waals surface area contributed by atoms with E-state index in [2.05, 4.69) is 11.7 Å². The average Bonchev–Trinajstić information content (AvgIpc) is 2.77. The Morgan fingerprint density at radius 2 is 2.11 bits per heavy atom. The third-order valence-electron chi connectivity index (χ3n) is 2.52. The zero-order valence-corrected chi connectivity index (χ0v) is 9.81. The van der Waals surface area contributed by atoms with Gasteiger partial charge in [-0.3, -0.25) is 4.68 Å². The average molecular weight is 264 g/mol. The summed E-state index contributed by atoms with van der Waals surface area (Å²) in [6.07, 6.45) is 1.53. The predicted molar refractivity (Wildman–Crippen MR) is 64.7 cm³/mol. The van der Waals surface area contributed by atoms with Crippen molar-refractivity contribution in [2.45, 2.75) is 6.54 Å². The minimum Gasteiger partial charge on any atom is -0.476 e. The fraction of sp³-hybridized carbons (Fsp3) is 0.0769. The highest BCUT2D eigenvalue weighted by molar-refractivity contribution is 5.87. The summed E-state index contributed by atoms with van der Waals surface area (Å²) in [5.41, 5.74) is 0.568. The van der Waals surface area contributed by atoms with Crippen molar-refractivity contribution in [2.24, 2.45) is 0 Å². The summed E-state index contributed by atoms with van der Waals surface area (Å²) >= 11 is 0. The van der Waals surface area contributed by atoms with E-state index in [1.54, 1.807) is 0 Å². The minimum atomic E-state index is -1.19. The van der Waals surface area contributed by atoms with Crippen molar-refractivity contribution in [3.05, 3.63) is 54.2 Å². The molecule has 0 spiro atoms. The topological polar surface area (TPSA) is 55.1 Å². The number of hydrogen-bond acceptors (Lipinski definition) is 2. The Morgan fingerprint density at radius 3 is 2.68 bits per heavy atom. The molecule has 0 fully saturated rings. The summed E-state index contributed by atoms with van der Waals surface area (Å²) < 4.78 is 27.5. The van der Waals surface area contributed by atoms with Crippen LogP contribution < -0.4 is 0 Å². The van der Waals surface area contributed by atoms with E-state index in [9.17, 15) is 13.6 Å². The highest BCUT2D eigenvalue weighted by Crippen LogP contribution is 2.23. The van der Waals surface area contributed by atoms with Crippen LogP contribution in [0.3, 0.4) is 0 Å². The summed E-state index contributed by atoms with van der Waals surface area (Å²) in [6, 6.07) is 4.65. The third-order valence-corrected chi connectivity index (χ3v) is 2.52. The number of carboxylic acids is 1. The van der Waals surface area contributed by atoms with Gasteiger partial charge < -0.3 is 5.11 Å². The molecule has 1 heterocycles. The molecule has 0 amide bonds. The molecule has 0 radical (unpaired) electrons. The van der Waals surface area contributed by atoms with Crippen LogP contribution in [0.1, 0.15) is 10.5 Å². The summed E-state index contributed by atoms with van der Waals surface area (Å²) in [5.74, 6) is -3.15. The molecule has 0 aliphatic heterocycles. The molecule has 0 atom stereocenters. The fourth-order valence-electron chi connectivity index (χ4n) is 1.67. The van der Waals surface area contributed by atoms with Crippen LogP contribution in [0.2, 0.25) is 0 Å². The standard InChI is InChI=1S/C13H10F2N2O2/c1-2-5-17-12(7-11(16-17)13(18)19)8-3-4-9(14)10(15)6-8/h2-4,6-7H,1,5H2,(H,18,19). The van der Waals surface area contributed by atoms with Crippen LogP contribution >= 0.6 is 0 Å². The van der Waals surface area contributed by atoms with Gasteiger partial charge in [0.25, 0.3) is 0 Å². The fourth-order valence-corrected chi connectivity index (χ4v) is 1.67. The van der Waals surface area contributed by atoms with Gasteiger partial charge in [-0.05, 0) is 24.3 Å². The van der Waals surface area contributed by atoms with E-state index < -0.39 is 17.6 Å². The monoisotopic (exact) mass is 264 g/mol. The van der Waals surface area contributed by atoms with E-state index in [0.717, 1.165) is 12.1 Å². The van der Waals surface area contributed by atoms with Crippen LogP contribution in [0.4, 0.5) is 8.78 Å². The molecule has 0 saturated carbocycles. The van der Waals surface area contributed by atoms with Gasteiger partial charge in [0.2, 0.25) is 0 Å². The normalized spacial score (nSPS) is 10.4. The lowest BCUT2D eigenvalue weighted by Crippen LogP contribution is -2.03. The number of hydrogen-bond donors (Lipinski definition) is 1. The molecule has 6 heteroatoms. The third kappa shape index (κ3) is 2.52. The summed E-state index contributed by atoms with van der Waals surface area (Å²) in [5, 5.41) is 12.8. The Bertz CT molecular complexity index is 650. The molecule has 0 unspecified atom stereocenters. The first-order valence-electron chi connectivity index (χ1n) is 5.40. The second-order valence-corrected chi connectivity index (χ2v) is 3.82. The first-order valence-corrected chi connectivity index (χ1v) is 5.40. The van der Waals surface area contributed by atoms with Gasteiger partial charge in [0.15, 0.2) is 17.3 Å². The van der Waals surface area contributed by atoms with E-state index in [1.165, 1.54) is 22.9 Å². The molecule has 0 bridgehead atoms. The minimum absolute atomic E-state index is 0.165. The van der Waals surface area contributed by atoms with Gasteiger partial charge in [-0.1, -0.05) is 6.08 Å². The number of benzene rings is 1. The van der Waals surface area contributed by atoms with E-state index in [4.69, 9.17) is 5.11 Å². The van der Waals surface area contributed by atoms with E-state index in [0.29, 0.717) is 11.3 Å². The Kier molecular flexibility index (Phi) is 3.41. The van der Waals surface area contributed by atoms with Crippen LogP contribution in [0.15, 0.2) is 36.9 Å². The molecule has 98 valence electrons. The highest BCUT2D eigenvalue weighted by Gasteiger charge is 2.15. The van der Waals surface area contributed by atoms with Crippen LogP contribution in [0.25, 0.3) is 11.3 Å². The molecule has 0 saturated heterocycles. The van der Waals surface area contributed by atoms with Crippen LogP contribution in [-0.2, 0) is 6.54 Å². The van der Waals surface area contributed by atoms with Gasteiger partial charge in [0.05, 0.1) is 12.2 Å². The summed E-state index contributed by atoms with van der Waals surface area (Å²) in [4.78, 5) is 10.9. The smallest absolute Gasteiger partial charge is 0.356 e. The van der Waals surface area contributed by atoms with Gasteiger partial charge in [-0.25, -0.2) is 13.6 Å². The zero-order chi connectivity index (χ0) is 14.0. The molecule has 0 aliphatic carbocycles. The van der Waals surface area contributed by atoms with Crippen molar-refractivity contribution < 1.29 is 18.7 Å². The number of aromatic nitrogens is 2. The number of carbonyl (C=O) groups is 1. The maximum absolute atomic E-state index is 13.2. The Hall–Kier alpha value is -2.50. The van der Waals surface area contributed by atoms with Crippen LogP contribution in [-0.4, -0.2) is 20.9 Å². The van der Waals surface area contributed by atoms with E-state index in [-0.39, 0.29) is 12.2 Å². The van der Waals surface area contributed by atoms with E-state index >= 15 is 0 Å². The van der Waals surface area contributed by atoms with Crippen molar-refractivity contribution in [3.63, 3.8) is 0 Å². The van der Waals surface area contributed by atoms with Crippen LogP contribution in [0.5, 0.6) is 0 Å². The SMILES string of the molecule is C=CCn1nc(C(=O)O)cc1-c1ccc(F)c(F)c1. The molecule has 2 aromatic rings. The van der Waals surface area contributed by atoms with Gasteiger partial charge >= 0.3 is 5.97 Å². The molecule has 1 aromatic heterocycles. The second kappa shape index (κ2) is 5.01. The number of halogens is 2. The lowest BCUT2D eigenvalue weighted by Gasteiger charge is -2.05. The van der Waals surface area contributed by atoms with Gasteiger partial charge in [0, 0.05) is 5.56 Å². The second-order valence-electron chi connectivity index (χ2n) is 3.82. The first-order chi connectivity index (χ1) is 9.02. The maximum Gasteiger partial charge on any atom is 0.356 e. The maximum atomic E-state index is 13.2. The zero-order valence-electron chi connectivity index (χ0n) is 9.81. The van der Waals surface area contributed by atoms with Crippen molar-refractivity contribution >= 4 is 5.97 Å². The number of aromatic carboxylic acids is 1. The van der Waals surface area contributed by atoms with Crippen molar-refractivity contribution in [1.29, 1.82) is 0 Å². The van der Waals surface area contributed by atoms with E-state index in [1.807, 2.05) is 0 Å². The molecule has 1 aromatic carbocycles. The Labute approximate surface area is 107 Å². The van der Waals surface area contributed by atoms with Crippen molar-refractivity contribution in [2.75, 3.05) is 0 Å². The molecule has 2 rings (SSSR count). The number of nitrogens with zero attached hydrogens (tertiary/aromatic N) is 2. The summed E-state index contributed by atoms with van der Waals surface area (Å²) in [7, 11) is 0. The molecular weight excluding hydrogens is 254 g/mol. The van der Waals surface area contributed by atoms with Crippen molar-refractivity contribution in [3.8, 4) is 11.3 Å². The summed E-state index contributed by atoms with van der Waals surface area (Å²) in [6.45, 7) is 3.80. The molecule has 4 nitrogen and oxygen atoms in total. The van der Waals surface area contributed by atoms with Gasteiger partial charge in [0.1, 0.15) is 0 Å². The Morgan fingerprint density at radius 1 is 1.37 bits per heavy atom. The number of allylic oxidation sites excluding steroid dienone is 1. The molecule has 1 N–H and O–H groups in total. The van der Waals surface area contributed by atoms with Crippen LogP contribution in [0, 0.1) is 11.6 Å². The van der Waals surface area contributed by atoms with Gasteiger partial charge in [-0.15, -0.1) is 6.58 Å². The first kappa shape index (κ1) is 12.9. The van der Waals surface area contributed by atoms with Gasteiger partial charge in [-0.2, -0.15) is 5.10 Å². The largest absolute Gasteiger partial charge is 0.476 e. The Balaban J connectivity index is 2.55. The van der Waals surface area contributed by atoms with Crippen molar-refractivity contribution in [1.82, 2.24) is 9.78 Å². The highest BCUT2D eigenvalue weighted by atomic mass is 19.2. The lowest BCUT2D eigenvalue weighted by atomic mass is 10.1. The predicted octanol–water partition coefficient (Wildman–Crippen LogP) is 2.71. The number of rotatable bonds is 4.